The molecule has 1 N–H and O–H groups in total. The van der Waals surface area contributed by atoms with E-state index in [2.05, 4.69) is 21.2 Å². The lowest BCUT2D eigenvalue weighted by molar-refractivity contribution is -0.112. The number of benzene rings is 2. The van der Waals surface area contributed by atoms with Gasteiger partial charge in [0.25, 0.3) is 11.7 Å². The Bertz CT molecular complexity index is 649. The van der Waals surface area contributed by atoms with E-state index >= 15 is 0 Å². The maximum absolute atomic E-state index is 11.7. The predicted octanol–water partition coefficient (Wildman–Crippen LogP) is 2.74. The van der Waals surface area contributed by atoms with E-state index in [0.717, 1.165) is 15.2 Å². The largest absolute Gasteiger partial charge is 0.318 e. The highest BCUT2D eigenvalue weighted by Crippen LogP contribution is 2.33. The van der Waals surface area contributed by atoms with Crippen LogP contribution in [-0.4, -0.2) is 11.7 Å². The lowest BCUT2D eigenvalue weighted by Gasteiger charge is -2.04. The molecule has 0 spiro atoms. The number of ketones is 1. The van der Waals surface area contributed by atoms with Crippen molar-refractivity contribution in [2.24, 2.45) is 0 Å². The summed E-state index contributed by atoms with van der Waals surface area (Å²) in [6.45, 7) is 0. The average Bonchev–Trinajstić information content (AvgIpc) is 2.56. The van der Waals surface area contributed by atoms with Gasteiger partial charge in [-0.15, -0.1) is 0 Å². The van der Waals surface area contributed by atoms with Gasteiger partial charge >= 0.3 is 0 Å². The summed E-state index contributed by atoms with van der Waals surface area (Å²) < 4.78 is 0.917. The van der Waals surface area contributed by atoms with Gasteiger partial charge in [0.2, 0.25) is 0 Å². The molecule has 0 bridgehead atoms. The number of carbonyl (C=O) groups is 2. The molecule has 16 heavy (non-hydrogen) atoms. The van der Waals surface area contributed by atoms with Crippen molar-refractivity contribution in [1.82, 2.24) is 0 Å². The predicted molar refractivity (Wildman–Crippen MR) is 64.6 cm³/mol. The van der Waals surface area contributed by atoms with Crippen LogP contribution < -0.4 is 5.32 Å². The normalized spacial score (nSPS) is 14.1. The zero-order chi connectivity index (χ0) is 11.3. The van der Waals surface area contributed by atoms with Gasteiger partial charge in [-0.25, -0.2) is 0 Å². The first kappa shape index (κ1) is 9.54. The lowest BCUT2D eigenvalue weighted by atomic mass is 10.0. The van der Waals surface area contributed by atoms with Gasteiger partial charge < -0.3 is 5.32 Å². The third kappa shape index (κ3) is 1.13. The molecule has 0 aromatic heterocycles. The van der Waals surface area contributed by atoms with Gasteiger partial charge in [-0.2, -0.15) is 0 Å². The van der Waals surface area contributed by atoms with E-state index in [4.69, 9.17) is 0 Å². The second-order valence-corrected chi connectivity index (χ2v) is 4.46. The third-order valence-electron chi connectivity index (χ3n) is 2.69. The van der Waals surface area contributed by atoms with E-state index in [9.17, 15) is 9.59 Å². The smallest absolute Gasteiger partial charge is 0.296 e. The molecule has 3 rings (SSSR count). The molecule has 78 valence electrons. The van der Waals surface area contributed by atoms with Crippen LogP contribution in [0.25, 0.3) is 10.8 Å². The van der Waals surface area contributed by atoms with Crippen molar-refractivity contribution in [3.63, 3.8) is 0 Å². The molecule has 0 saturated heterocycles. The lowest BCUT2D eigenvalue weighted by Crippen LogP contribution is -2.12. The van der Waals surface area contributed by atoms with Crippen molar-refractivity contribution in [2.75, 3.05) is 5.32 Å². The van der Waals surface area contributed by atoms with Crippen LogP contribution in [0, 0.1) is 0 Å². The molecule has 3 nitrogen and oxygen atoms in total. The maximum atomic E-state index is 11.7. The topological polar surface area (TPSA) is 46.2 Å². The van der Waals surface area contributed by atoms with Crippen LogP contribution in [0.3, 0.4) is 0 Å². The van der Waals surface area contributed by atoms with Crippen molar-refractivity contribution in [2.45, 2.75) is 0 Å². The zero-order valence-electron chi connectivity index (χ0n) is 8.08. The number of rotatable bonds is 0. The molecule has 0 radical (unpaired) electrons. The number of anilines is 1. The van der Waals surface area contributed by atoms with Crippen LogP contribution in [0.2, 0.25) is 0 Å². The Morgan fingerprint density at radius 1 is 1.00 bits per heavy atom. The molecule has 2 aromatic carbocycles. The molecule has 0 aliphatic carbocycles. The fraction of sp³-hybridized carbons (Fsp3) is 0. The summed E-state index contributed by atoms with van der Waals surface area (Å²) in [5.41, 5.74) is 1.07. The molecule has 0 saturated carbocycles. The van der Waals surface area contributed by atoms with Gasteiger partial charge in [-0.3, -0.25) is 9.59 Å². The molecule has 4 heteroatoms. The van der Waals surface area contributed by atoms with Gasteiger partial charge in [0, 0.05) is 4.47 Å². The molecule has 0 fully saturated rings. The fourth-order valence-electron chi connectivity index (χ4n) is 1.96. The van der Waals surface area contributed by atoms with E-state index in [0.29, 0.717) is 11.3 Å². The summed E-state index contributed by atoms with van der Waals surface area (Å²) >= 11 is 3.42. The Labute approximate surface area is 99.6 Å². The number of Topliss-reactive ketones (excluding diaryl/α,β-unsaturated/α-hetero) is 1. The Kier molecular flexibility index (Phi) is 1.88. The first-order chi connectivity index (χ1) is 7.68. The van der Waals surface area contributed by atoms with Gasteiger partial charge in [0.15, 0.2) is 0 Å². The molecule has 1 aliphatic rings. The fourth-order valence-corrected chi connectivity index (χ4v) is 2.46. The van der Waals surface area contributed by atoms with E-state index in [-0.39, 0.29) is 0 Å². The summed E-state index contributed by atoms with van der Waals surface area (Å²) in [5, 5.41) is 4.29. The van der Waals surface area contributed by atoms with Crippen molar-refractivity contribution in [3.8, 4) is 0 Å². The number of carbonyl (C=O) groups excluding carboxylic acids is 2. The molecule has 2 aromatic rings. The molecule has 1 amide bonds. The van der Waals surface area contributed by atoms with Crippen molar-refractivity contribution in [3.05, 3.63) is 40.4 Å². The van der Waals surface area contributed by atoms with Crippen LogP contribution >= 0.6 is 15.9 Å². The van der Waals surface area contributed by atoms with Crippen molar-refractivity contribution < 1.29 is 9.59 Å². The Balaban J connectivity index is 2.47. The summed E-state index contributed by atoms with van der Waals surface area (Å²) in [4.78, 5) is 23.0. The monoisotopic (exact) mass is 275 g/mol. The van der Waals surface area contributed by atoms with Gasteiger partial charge in [0.05, 0.1) is 11.3 Å². The molecular weight excluding hydrogens is 270 g/mol. The maximum Gasteiger partial charge on any atom is 0.296 e. The van der Waals surface area contributed by atoms with E-state index in [1.165, 1.54) is 0 Å². The number of nitrogens with one attached hydrogen (secondary N) is 1. The van der Waals surface area contributed by atoms with E-state index in [1.807, 2.05) is 24.3 Å². The first-order valence-corrected chi connectivity index (χ1v) is 5.54. The Morgan fingerprint density at radius 3 is 2.62 bits per heavy atom. The van der Waals surface area contributed by atoms with E-state index in [1.54, 1.807) is 6.07 Å². The van der Waals surface area contributed by atoms with Crippen molar-refractivity contribution >= 4 is 44.1 Å². The average molecular weight is 276 g/mol. The minimum Gasteiger partial charge on any atom is -0.318 e. The van der Waals surface area contributed by atoms with Gasteiger partial charge in [-0.05, 0) is 22.9 Å². The summed E-state index contributed by atoms with van der Waals surface area (Å²) in [5.74, 6) is -1.01. The number of hydrogen-bond acceptors (Lipinski definition) is 2. The SMILES string of the molecule is O=C1Nc2ccc3c(Br)cccc3c2C1=O. The highest BCUT2D eigenvalue weighted by atomic mass is 79.9. The van der Waals surface area contributed by atoms with E-state index < -0.39 is 11.7 Å². The minimum absolute atomic E-state index is 0.460. The second-order valence-electron chi connectivity index (χ2n) is 3.61. The third-order valence-corrected chi connectivity index (χ3v) is 3.38. The van der Waals surface area contributed by atoms with Crippen LogP contribution in [0.15, 0.2) is 34.8 Å². The summed E-state index contributed by atoms with van der Waals surface area (Å²) in [6, 6.07) is 9.24. The van der Waals surface area contributed by atoms with Crippen molar-refractivity contribution in [1.29, 1.82) is 0 Å². The number of halogens is 1. The van der Waals surface area contributed by atoms with Crippen LogP contribution in [-0.2, 0) is 4.79 Å². The molecule has 1 aliphatic heterocycles. The van der Waals surface area contributed by atoms with Crippen LogP contribution in [0.1, 0.15) is 10.4 Å². The summed E-state index contributed by atoms with van der Waals surface area (Å²) in [6.07, 6.45) is 0. The first-order valence-electron chi connectivity index (χ1n) is 4.75. The molecule has 1 heterocycles. The molecule has 0 atom stereocenters. The number of amides is 1. The van der Waals surface area contributed by atoms with Crippen LogP contribution in [0.4, 0.5) is 5.69 Å². The number of hydrogen-bond donors (Lipinski definition) is 1. The highest BCUT2D eigenvalue weighted by Gasteiger charge is 2.29. The second kappa shape index (κ2) is 3.15. The highest BCUT2D eigenvalue weighted by molar-refractivity contribution is 9.10. The quantitative estimate of drug-likeness (QED) is 0.752. The van der Waals surface area contributed by atoms with Gasteiger partial charge in [-0.1, -0.05) is 34.1 Å². The van der Waals surface area contributed by atoms with Crippen LogP contribution in [0.5, 0.6) is 0 Å². The standard InChI is InChI=1S/C12H6BrNO2/c13-8-3-1-2-7-6(8)4-5-9-10(7)11(15)12(16)14-9/h1-5H,(H,14,15,16). The Morgan fingerprint density at radius 2 is 1.81 bits per heavy atom. The Hall–Kier alpha value is -1.68. The molecule has 0 unspecified atom stereocenters. The number of fused-ring (bicyclic) bond motifs is 3. The molecular formula is C12H6BrNO2. The minimum atomic E-state index is -0.553. The zero-order valence-corrected chi connectivity index (χ0v) is 9.67. The van der Waals surface area contributed by atoms with Gasteiger partial charge in [0.1, 0.15) is 0 Å². The summed E-state index contributed by atoms with van der Waals surface area (Å²) in [7, 11) is 0.